The van der Waals surface area contributed by atoms with E-state index in [1.807, 2.05) is 69.3 Å². The number of hydrazone groups is 1. The summed E-state index contributed by atoms with van der Waals surface area (Å²) in [5, 5.41) is 6.71. The van der Waals surface area contributed by atoms with Crippen LogP contribution in [0.25, 0.3) is 0 Å². The van der Waals surface area contributed by atoms with Gasteiger partial charge < -0.3 is 10.1 Å². The van der Waals surface area contributed by atoms with Crippen molar-refractivity contribution in [2.45, 2.75) is 33.2 Å². The number of aryl methyl sites for hydroxylation is 1. The van der Waals surface area contributed by atoms with Gasteiger partial charge in [-0.05, 0) is 36.5 Å². The fourth-order valence-corrected chi connectivity index (χ4v) is 2.59. The van der Waals surface area contributed by atoms with Crippen LogP contribution in [0.2, 0.25) is 0 Å². The predicted molar refractivity (Wildman–Crippen MR) is 110 cm³/mol. The van der Waals surface area contributed by atoms with E-state index in [0.717, 1.165) is 11.1 Å². The van der Waals surface area contributed by atoms with E-state index < -0.39 is 6.04 Å². The van der Waals surface area contributed by atoms with Crippen molar-refractivity contribution < 1.29 is 14.3 Å². The Morgan fingerprint density at radius 3 is 2.43 bits per heavy atom. The van der Waals surface area contributed by atoms with Crippen LogP contribution in [0.5, 0.6) is 5.75 Å². The van der Waals surface area contributed by atoms with Gasteiger partial charge in [0.15, 0.2) is 6.61 Å². The molecule has 28 heavy (non-hydrogen) atoms. The molecule has 0 aromatic heterocycles. The highest BCUT2D eigenvalue weighted by Gasteiger charge is 2.22. The number of nitrogens with one attached hydrogen (secondary N) is 2. The first-order valence-electron chi connectivity index (χ1n) is 9.31. The highest BCUT2D eigenvalue weighted by atomic mass is 16.5. The van der Waals surface area contributed by atoms with Crippen molar-refractivity contribution in [1.29, 1.82) is 0 Å². The van der Waals surface area contributed by atoms with Crippen LogP contribution in [0, 0.1) is 12.8 Å². The second-order valence-electron chi connectivity index (χ2n) is 6.95. The summed E-state index contributed by atoms with van der Waals surface area (Å²) in [4.78, 5) is 24.7. The Bertz CT molecular complexity index is 804. The average molecular weight is 381 g/mol. The zero-order valence-electron chi connectivity index (χ0n) is 16.5. The zero-order valence-corrected chi connectivity index (χ0v) is 16.5. The minimum absolute atomic E-state index is 0.153. The lowest BCUT2D eigenvalue weighted by Gasteiger charge is -2.19. The van der Waals surface area contributed by atoms with Crippen LogP contribution in [0.15, 0.2) is 59.7 Å². The van der Waals surface area contributed by atoms with Gasteiger partial charge in [-0.2, -0.15) is 5.10 Å². The third-order valence-electron chi connectivity index (χ3n) is 4.00. The van der Waals surface area contributed by atoms with Gasteiger partial charge in [0.25, 0.3) is 11.8 Å². The van der Waals surface area contributed by atoms with Crippen molar-refractivity contribution in [2.75, 3.05) is 6.61 Å². The molecule has 2 aromatic carbocycles. The monoisotopic (exact) mass is 381 g/mol. The maximum Gasteiger partial charge on any atom is 0.262 e. The van der Waals surface area contributed by atoms with Crippen LogP contribution < -0.4 is 15.5 Å². The molecule has 0 fully saturated rings. The number of amides is 2. The first-order chi connectivity index (χ1) is 13.5. The first kappa shape index (κ1) is 21.2. The van der Waals surface area contributed by atoms with Gasteiger partial charge in [0.1, 0.15) is 11.8 Å². The maximum atomic E-state index is 12.5. The molecule has 148 valence electrons. The Kier molecular flexibility index (Phi) is 8.21. The van der Waals surface area contributed by atoms with Crippen LogP contribution >= 0.6 is 0 Å². The zero-order chi connectivity index (χ0) is 20.4. The summed E-state index contributed by atoms with van der Waals surface area (Å²) in [6.45, 7) is 5.74. The average Bonchev–Trinajstić information content (AvgIpc) is 2.67. The topological polar surface area (TPSA) is 79.8 Å². The molecule has 2 N–H and O–H groups in total. The number of para-hydroxylation sites is 1. The SMILES string of the molecule is Cc1ccccc1OCC(=O)N[C@@H](CC(C)C)C(=O)N/N=C\c1ccccc1. The quantitative estimate of drug-likeness (QED) is 0.517. The largest absolute Gasteiger partial charge is 0.484 e. The number of nitrogens with zero attached hydrogens (tertiary/aromatic N) is 1. The molecule has 0 aliphatic carbocycles. The maximum absolute atomic E-state index is 12.5. The number of ether oxygens (including phenoxy) is 1. The summed E-state index contributed by atoms with van der Waals surface area (Å²) in [5.41, 5.74) is 4.32. The summed E-state index contributed by atoms with van der Waals surface area (Å²) in [6.07, 6.45) is 2.07. The molecule has 0 spiro atoms. The van der Waals surface area contributed by atoms with E-state index in [0.29, 0.717) is 12.2 Å². The molecule has 0 aliphatic heterocycles. The van der Waals surface area contributed by atoms with Crippen molar-refractivity contribution in [3.8, 4) is 5.75 Å². The van der Waals surface area contributed by atoms with Gasteiger partial charge in [-0.25, -0.2) is 5.43 Å². The normalized spacial score (nSPS) is 12.0. The lowest BCUT2D eigenvalue weighted by Crippen LogP contribution is -2.47. The van der Waals surface area contributed by atoms with Gasteiger partial charge in [0.05, 0.1) is 6.21 Å². The van der Waals surface area contributed by atoms with Crippen molar-refractivity contribution in [3.05, 3.63) is 65.7 Å². The molecule has 2 aromatic rings. The van der Waals surface area contributed by atoms with E-state index in [2.05, 4.69) is 15.8 Å². The van der Waals surface area contributed by atoms with E-state index >= 15 is 0 Å². The Labute approximate surface area is 166 Å². The van der Waals surface area contributed by atoms with Crippen LogP contribution in [-0.2, 0) is 9.59 Å². The third-order valence-corrected chi connectivity index (χ3v) is 4.00. The van der Waals surface area contributed by atoms with E-state index in [1.165, 1.54) is 0 Å². The third kappa shape index (κ3) is 7.23. The Hall–Kier alpha value is -3.15. The lowest BCUT2D eigenvalue weighted by atomic mass is 10.0. The van der Waals surface area contributed by atoms with Crippen LogP contribution in [-0.4, -0.2) is 30.7 Å². The minimum atomic E-state index is -0.680. The number of hydrogen-bond donors (Lipinski definition) is 2. The number of benzene rings is 2. The molecule has 2 amide bonds. The minimum Gasteiger partial charge on any atom is -0.484 e. The number of carbonyl (C=O) groups excluding carboxylic acids is 2. The molecule has 0 heterocycles. The number of carbonyl (C=O) groups is 2. The molecule has 6 heteroatoms. The second-order valence-corrected chi connectivity index (χ2v) is 6.95. The Balaban J connectivity index is 1.90. The summed E-state index contributed by atoms with van der Waals surface area (Å²) < 4.78 is 5.55. The van der Waals surface area contributed by atoms with Gasteiger partial charge in [0, 0.05) is 0 Å². The molecular formula is C22H27N3O3. The van der Waals surface area contributed by atoms with Gasteiger partial charge in [-0.15, -0.1) is 0 Å². The highest BCUT2D eigenvalue weighted by Crippen LogP contribution is 2.15. The van der Waals surface area contributed by atoms with Gasteiger partial charge in [-0.3, -0.25) is 9.59 Å². The van der Waals surface area contributed by atoms with E-state index in [9.17, 15) is 9.59 Å². The van der Waals surface area contributed by atoms with Crippen LogP contribution in [0.3, 0.4) is 0 Å². The smallest absolute Gasteiger partial charge is 0.262 e. The lowest BCUT2D eigenvalue weighted by molar-refractivity contribution is -0.130. The van der Waals surface area contributed by atoms with Gasteiger partial charge in [-0.1, -0.05) is 62.4 Å². The van der Waals surface area contributed by atoms with E-state index in [4.69, 9.17) is 4.74 Å². The standard InChI is InChI=1S/C22H27N3O3/c1-16(2)13-19(22(27)25-23-14-18-10-5-4-6-11-18)24-21(26)15-28-20-12-8-7-9-17(20)3/h4-12,14,16,19H,13,15H2,1-3H3,(H,24,26)(H,25,27)/b23-14-/t19-/m0/s1. The Morgan fingerprint density at radius 2 is 1.75 bits per heavy atom. The molecule has 0 radical (unpaired) electrons. The van der Waals surface area contributed by atoms with Crippen molar-refractivity contribution >= 4 is 18.0 Å². The van der Waals surface area contributed by atoms with Crippen LogP contribution in [0.1, 0.15) is 31.4 Å². The fraction of sp³-hybridized carbons (Fsp3) is 0.318. The Morgan fingerprint density at radius 1 is 1.07 bits per heavy atom. The summed E-state index contributed by atoms with van der Waals surface area (Å²) >= 11 is 0. The molecule has 0 saturated heterocycles. The fourth-order valence-electron chi connectivity index (χ4n) is 2.59. The second kappa shape index (κ2) is 10.9. The van der Waals surface area contributed by atoms with Crippen LogP contribution in [0.4, 0.5) is 0 Å². The van der Waals surface area contributed by atoms with Gasteiger partial charge >= 0.3 is 0 Å². The molecule has 0 saturated carbocycles. The molecule has 0 unspecified atom stereocenters. The first-order valence-corrected chi connectivity index (χ1v) is 9.31. The summed E-state index contributed by atoms with van der Waals surface area (Å²) in [7, 11) is 0. The van der Waals surface area contributed by atoms with Crippen molar-refractivity contribution in [3.63, 3.8) is 0 Å². The summed E-state index contributed by atoms with van der Waals surface area (Å²) in [6, 6.07) is 16.2. The van der Waals surface area contributed by atoms with E-state index in [1.54, 1.807) is 12.3 Å². The van der Waals surface area contributed by atoms with Crippen molar-refractivity contribution in [1.82, 2.24) is 10.7 Å². The summed E-state index contributed by atoms with van der Waals surface area (Å²) in [5.74, 6) is 0.169. The highest BCUT2D eigenvalue weighted by molar-refractivity contribution is 5.89. The molecule has 0 bridgehead atoms. The van der Waals surface area contributed by atoms with Gasteiger partial charge in [0.2, 0.25) is 0 Å². The predicted octanol–water partition coefficient (Wildman–Crippen LogP) is 3.06. The molecule has 0 aliphatic rings. The number of rotatable bonds is 9. The number of hydrogen-bond acceptors (Lipinski definition) is 4. The van der Waals surface area contributed by atoms with Crippen molar-refractivity contribution in [2.24, 2.45) is 11.0 Å². The molecule has 6 nitrogen and oxygen atoms in total. The molecular weight excluding hydrogens is 354 g/mol. The molecule has 1 atom stereocenters. The molecule has 2 rings (SSSR count). The van der Waals surface area contributed by atoms with E-state index in [-0.39, 0.29) is 24.3 Å².